The van der Waals surface area contributed by atoms with Crippen LogP contribution in [-0.4, -0.2) is 45.0 Å². The number of nitrogens with zero attached hydrogens (tertiary/aromatic N) is 8. The van der Waals surface area contributed by atoms with Crippen molar-refractivity contribution in [1.82, 2.24) is 38.4 Å². The van der Waals surface area contributed by atoms with Crippen molar-refractivity contribution in [3.05, 3.63) is 84.6 Å². The average Bonchev–Trinajstić information content (AvgIpc) is 3.59. The fourth-order valence-electron chi connectivity index (χ4n) is 4.36. The normalized spacial score (nSPS) is 12.6. The lowest BCUT2D eigenvalue weighted by molar-refractivity contribution is 0.544. The Morgan fingerprint density at radius 1 is 1.03 bits per heavy atom. The molecule has 3 aromatic heterocycles. The SMILES string of the molecule is Cn1cnc(Cn2c(=O)nc(Nc3cc4c(cc3Cl)nc3n4CCN3)n(Cc3cc(Cl)c(F)cc3F)c2=O)n1. The fourth-order valence-corrected chi connectivity index (χ4v) is 4.75. The first-order chi connectivity index (χ1) is 18.7. The molecule has 39 heavy (non-hydrogen) atoms. The molecule has 2 N–H and O–H groups in total. The Kier molecular flexibility index (Phi) is 6.07. The van der Waals surface area contributed by atoms with Gasteiger partial charge in [0.25, 0.3) is 0 Å². The van der Waals surface area contributed by atoms with Crippen LogP contribution in [0.4, 0.5) is 26.4 Å². The van der Waals surface area contributed by atoms with Gasteiger partial charge in [-0.3, -0.25) is 9.25 Å². The molecule has 1 aliphatic heterocycles. The topological polar surface area (TPSA) is 129 Å². The molecule has 200 valence electrons. The van der Waals surface area contributed by atoms with Crippen LogP contribution in [0.25, 0.3) is 11.0 Å². The summed E-state index contributed by atoms with van der Waals surface area (Å²) in [5, 5.41) is 10.1. The standard InChI is InChI=1S/C23H18Cl2F2N10O2/c1-34-10-29-19(33-34)9-37-22(38)32-21(36(23(37)39)8-11-4-12(24)15(27)6-14(11)26)30-16-7-18-17(5-13(16)25)31-20-28-2-3-35(18)20/h4-7,10H,2-3,8-9H2,1H3,(H,28,31)(H,30,32,38). The van der Waals surface area contributed by atoms with Crippen molar-refractivity contribution in [2.75, 3.05) is 17.2 Å². The Labute approximate surface area is 227 Å². The second-order valence-corrected chi connectivity index (χ2v) is 9.64. The zero-order chi connectivity index (χ0) is 27.4. The quantitative estimate of drug-likeness (QED) is 0.296. The van der Waals surface area contributed by atoms with Crippen LogP contribution in [0.1, 0.15) is 11.4 Å². The van der Waals surface area contributed by atoms with Crippen LogP contribution >= 0.6 is 23.2 Å². The van der Waals surface area contributed by atoms with Gasteiger partial charge in [0, 0.05) is 31.8 Å². The third-order valence-corrected chi connectivity index (χ3v) is 6.82. The van der Waals surface area contributed by atoms with E-state index in [2.05, 4.69) is 30.7 Å². The zero-order valence-electron chi connectivity index (χ0n) is 20.1. The smallest absolute Gasteiger partial charge is 0.354 e. The highest BCUT2D eigenvalue weighted by molar-refractivity contribution is 6.34. The van der Waals surface area contributed by atoms with Crippen molar-refractivity contribution in [3.63, 3.8) is 0 Å². The van der Waals surface area contributed by atoms with Crippen molar-refractivity contribution >= 4 is 51.8 Å². The molecule has 6 rings (SSSR count). The summed E-state index contributed by atoms with van der Waals surface area (Å²) in [6, 6.07) is 5.05. The van der Waals surface area contributed by atoms with Gasteiger partial charge in [0.15, 0.2) is 5.82 Å². The molecule has 0 radical (unpaired) electrons. The first kappa shape index (κ1) is 25.0. The molecule has 0 aliphatic carbocycles. The van der Waals surface area contributed by atoms with Gasteiger partial charge in [-0.15, -0.1) is 0 Å². The predicted octanol–water partition coefficient (Wildman–Crippen LogP) is 2.73. The van der Waals surface area contributed by atoms with Crippen LogP contribution in [0.5, 0.6) is 0 Å². The van der Waals surface area contributed by atoms with Crippen LogP contribution < -0.4 is 22.0 Å². The molecule has 16 heteroatoms. The molecular formula is C23H18Cl2F2N10O2. The van der Waals surface area contributed by atoms with Gasteiger partial charge >= 0.3 is 11.4 Å². The van der Waals surface area contributed by atoms with Gasteiger partial charge in [0.05, 0.1) is 39.9 Å². The predicted molar refractivity (Wildman–Crippen MR) is 140 cm³/mol. The summed E-state index contributed by atoms with van der Waals surface area (Å²) in [7, 11) is 1.64. The first-order valence-corrected chi connectivity index (χ1v) is 12.3. The van der Waals surface area contributed by atoms with E-state index < -0.39 is 29.6 Å². The van der Waals surface area contributed by atoms with Crippen LogP contribution in [0.2, 0.25) is 10.0 Å². The molecule has 0 saturated carbocycles. The van der Waals surface area contributed by atoms with Crippen LogP contribution in [0.15, 0.2) is 40.2 Å². The number of benzene rings is 2. The van der Waals surface area contributed by atoms with Gasteiger partial charge in [0.2, 0.25) is 11.9 Å². The Hall–Kier alpha value is -4.30. The van der Waals surface area contributed by atoms with Gasteiger partial charge in [0.1, 0.15) is 18.0 Å². The monoisotopic (exact) mass is 574 g/mol. The highest BCUT2D eigenvalue weighted by Gasteiger charge is 2.21. The number of imidazole rings is 1. The number of aromatic nitrogens is 8. The van der Waals surface area contributed by atoms with E-state index in [0.29, 0.717) is 29.8 Å². The average molecular weight is 575 g/mol. The third-order valence-electron chi connectivity index (χ3n) is 6.22. The molecule has 0 bridgehead atoms. The number of hydrogen-bond donors (Lipinski definition) is 2. The number of rotatable bonds is 6. The molecule has 0 saturated heterocycles. The van der Waals surface area contributed by atoms with Crippen molar-refractivity contribution in [2.45, 2.75) is 19.6 Å². The Bertz CT molecular complexity index is 1890. The lowest BCUT2D eigenvalue weighted by Crippen LogP contribution is -2.43. The highest BCUT2D eigenvalue weighted by Crippen LogP contribution is 2.32. The molecule has 1 aliphatic rings. The summed E-state index contributed by atoms with van der Waals surface area (Å²) >= 11 is 12.4. The molecule has 12 nitrogen and oxygen atoms in total. The fraction of sp³-hybridized carbons (Fsp3) is 0.217. The van der Waals surface area contributed by atoms with E-state index in [0.717, 1.165) is 27.3 Å². The zero-order valence-corrected chi connectivity index (χ0v) is 21.6. The summed E-state index contributed by atoms with van der Waals surface area (Å²) in [4.78, 5) is 39.2. The van der Waals surface area contributed by atoms with E-state index in [1.165, 1.54) is 11.0 Å². The largest absolute Gasteiger partial charge is 0.355 e. The number of aryl methyl sites for hydroxylation is 1. The van der Waals surface area contributed by atoms with E-state index in [4.69, 9.17) is 23.2 Å². The number of nitrogens with one attached hydrogen (secondary N) is 2. The molecule has 4 heterocycles. The summed E-state index contributed by atoms with van der Waals surface area (Å²) < 4.78 is 33.7. The molecule has 0 unspecified atom stereocenters. The molecule has 0 spiro atoms. The minimum Gasteiger partial charge on any atom is -0.354 e. The second-order valence-electron chi connectivity index (χ2n) is 8.82. The number of hydrogen-bond acceptors (Lipinski definition) is 8. The van der Waals surface area contributed by atoms with E-state index in [1.807, 2.05) is 4.57 Å². The van der Waals surface area contributed by atoms with Crippen molar-refractivity contribution < 1.29 is 8.78 Å². The van der Waals surface area contributed by atoms with Crippen molar-refractivity contribution in [3.8, 4) is 0 Å². The molecular weight excluding hydrogens is 557 g/mol. The maximum absolute atomic E-state index is 14.7. The summed E-state index contributed by atoms with van der Waals surface area (Å²) in [6.45, 7) is 0.708. The molecule has 0 atom stereocenters. The van der Waals surface area contributed by atoms with Gasteiger partial charge in [-0.05, 0) is 18.2 Å². The summed E-state index contributed by atoms with van der Waals surface area (Å²) in [6.07, 6.45) is 1.42. The van der Waals surface area contributed by atoms with Gasteiger partial charge in [-0.25, -0.2) is 32.9 Å². The Morgan fingerprint density at radius 3 is 2.62 bits per heavy atom. The lowest BCUT2D eigenvalue weighted by atomic mass is 10.2. The molecule has 0 fully saturated rings. The van der Waals surface area contributed by atoms with Crippen LogP contribution in [-0.2, 0) is 26.7 Å². The molecule has 0 amide bonds. The molecule has 5 aromatic rings. The minimum absolute atomic E-state index is 0.101. The van der Waals surface area contributed by atoms with E-state index in [1.54, 1.807) is 19.2 Å². The number of halogens is 4. The summed E-state index contributed by atoms with van der Waals surface area (Å²) in [5.41, 5.74) is -0.0793. The van der Waals surface area contributed by atoms with Gasteiger partial charge < -0.3 is 15.2 Å². The Morgan fingerprint density at radius 2 is 1.85 bits per heavy atom. The lowest BCUT2D eigenvalue weighted by Gasteiger charge is -2.16. The van der Waals surface area contributed by atoms with Gasteiger partial charge in [-0.2, -0.15) is 10.1 Å². The summed E-state index contributed by atoms with van der Waals surface area (Å²) in [5.74, 6) is -1.20. The number of anilines is 3. The van der Waals surface area contributed by atoms with E-state index in [9.17, 15) is 18.4 Å². The van der Waals surface area contributed by atoms with Crippen LogP contribution in [0, 0.1) is 11.6 Å². The van der Waals surface area contributed by atoms with Crippen molar-refractivity contribution in [2.24, 2.45) is 7.05 Å². The maximum Gasteiger partial charge on any atom is 0.355 e. The van der Waals surface area contributed by atoms with E-state index >= 15 is 0 Å². The van der Waals surface area contributed by atoms with Gasteiger partial charge in [-0.1, -0.05) is 23.2 Å². The van der Waals surface area contributed by atoms with E-state index in [-0.39, 0.29) is 33.9 Å². The highest BCUT2D eigenvalue weighted by atomic mass is 35.5. The van der Waals surface area contributed by atoms with Crippen LogP contribution in [0.3, 0.4) is 0 Å². The van der Waals surface area contributed by atoms with Crippen molar-refractivity contribution in [1.29, 1.82) is 0 Å². The Balaban J connectivity index is 1.48. The minimum atomic E-state index is -0.948. The molecule has 2 aromatic carbocycles. The maximum atomic E-state index is 14.7. The number of fused-ring (bicyclic) bond motifs is 3. The second kappa shape index (κ2) is 9.47. The first-order valence-electron chi connectivity index (χ1n) is 11.6. The third kappa shape index (κ3) is 4.51.